The zero-order chi connectivity index (χ0) is 17.9. The van der Waals surface area contributed by atoms with Gasteiger partial charge in [-0.2, -0.15) is 5.10 Å². The standard InChI is InChI=1S/C22H19N3O/c1-16-21(18-6-4-3-5-7-18)22-23-15-14-19(25(22)24-16)11-8-17-9-12-20(26-2)13-10-17/h3-15H,1-2H3/b11-8-. The lowest BCUT2D eigenvalue weighted by Gasteiger charge is -2.02. The number of ether oxygens (including phenoxy) is 1. The third kappa shape index (κ3) is 2.97. The molecule has 0 saturated carbocycles. The number of hydrogen-bond acceptors (Lipinski definition) is 3. The number of methoxy groups -OCH3 is 1. The highest BCUT2D eigenvalue weighted by molar-refractivity contribution is 5.81. The minimum atomic E-state index is 0.851. The maximum absolute atomic E-state index is 5.20. The molecule has 0 aliphatic carbocycles. The fourth-order valence-corrected chi connectivity index (χ4v) is 3.03. The summed E-state index contributed by atoms with van der Waals surface area (Å²) in [5.41, 5.74) is 6.12. The van der Waals surface area contributed by atoms with Crippen molar-refractivity contribution in [3.63, 3.8) is 0 Å². The van der Waals surface area contributed by atoms with Crippen molar-refractivity contribution in [3.05, 3.63) is 83.8 Å². The Balaban J connectivity index is 1.76. The molecule has 0 aliphatic heterocycles. The lowest BCUT2D eigenvalue weighted by Crippen LogP contribution is -1.95. The van der Waals surface area contributed by atoms with Gasteiger partial charge in [0.15, 0.2) is 5.65 Å². The van der Waals surface area contributed by atoms with Crippen LogP contribution in [0.2, 0.25) is 0 Å². The van der Waals surface area contributed by atoms with E-state index in [-0.39, 0.29) is 0 Å². The molecule has 0 bridgehead atoms. The van der Waals surface area contributed by atoms with Gasteiger partial charge in [0.2, 0.25) is 0 Å². The summed E-state index contributed by atoms with van der Waals surface area (Å²) >= 11 is 0. The molecule has 2 aromatic carbocycles. The van der Waals surface area contributed by atoms with E-state index in [4.69, 9.17) is 9.84 Å². The molecule has 0 fully saturated rings. The molecular formula is C22H19N3O. The van der Waals surface area contributed by atoms with Crippen molar-refractivity contribution in [1.82, 2.24) is 14.6 Å². The summed E-state index contributed by atoms with van der Waals surface area (Å²) in [5, 5.41) is 4.71. The average Bonchev–Trinajstić information content (AvgIpc) is 3.04. The third-order valence-corrected chi connectivity index (χ3v) is 4.35. The van der Waals surface area contributed by atoms with Crippen molar-refractivity contribution in [3.8, 4) is 16.9 Å². The van der Waals surface area contributed by atoms with Crippen LogP contribution in [-0.4, -0.2) is 21.7 Å². The Hall–Kier alpha value is -3.40. The van der Waals surface area contributed by atoms with E-state index in [1.165, 1.54) is 0 Å². The molecular weight excluding hydrogens is 322 g/mol. The fourth-order valence-electron chi connectivity index (χ4n) is 3.03. The van der Waals surface area contributed by atoms with Crippen LogP contribution >= 0.6 is 0 Å². The summed E-state index contributed by atoms with van der Waals surface area (Å²) in [6.45, 7) is 2.02. The van der Waals surface area contributed by atoms with Crippen LogP contribution < -0.4 is 4.74 Å². The largest absolute Gasteiger partial charge is 0.497 e. The Morgan fingerprint density at radius 2 is 1.69 bits per heavy atom. The third-order valence-electron chi connectivity index (χ3n) is 4.35. The maximum atomic E-state index is 5.20. The van der Waals surface area contributed by atoms with Crippen LogP contribution in [0, 0.1) is 6.92 Å². The van der Waals surface area contributed by atoms with Gasteiger partial charge in [-0.25, -0.2) is 9.50 Å². The van der Waals surface area contributed by atoms with Gasteiger partial charge < -0.3 is 4.74 Å². The number of aryl methyl sites for hydroxylation is 1. The van der Waals surface area contributed by atoms with Gasteiger partial charge in [0.05, 0.1) is 18.5 Å². The molecule has 128 valence electrons. The van der Waals surface area contributed by atoms with E-state index >= 15 is 0 Å². The van der Waals surface area contributed by atoms with Crippen LogP contribution in [-0.2, 0) is 0 Å². The Morgan fingerprint density at radius 3 is 2.42 bits per heavy atom. The van der Waals surface area contributed by atoms with E-state index in [0.29, 0.717) is 0 Å². The van der Waals surface area contributed by atoms with Gasteiger partial charge >= 0.3 is 0 Å². The first kappa shape index (κ1) is 16.1. The molecule has 2 aromatic heterocycles. The van der Waals surface area contributed by atoms with Gasteiger partial charge in [0, 0.05) is 11.8 Å². The Morgan fingerprint density at radius 1 is 0.923 bits per heavy atom. The van der Waals surface area contributed by atoms with Crippen molar-refractivity contribution in [2.75, 3.05) is 7.11 Å². The maximum Gasteiger partial charge on any atom is 0.163 e. The second kappa shape index (κ2) is 6.84. The van der Waals surface area contributed by atoms with Gasteiger partial charge in [-0.15, -0.1) is 0 Å². The van der Waals surface area contributed by atoms with Gasteiger partial charge in [-0.05, 0) is 42.3 Å². The number of benzene rings is 2. The van der Waals surface area contributed by atoms with E-state index in [0.717, 1.165) is 39.5 Å². The summed E-state index contributed by atoms with van der Waals surface area (Å²) in [4.78, 5) is 4.57. The smallest absolute Gasteiger partial charge is 0.163 e. The number of aromatic nitrogens is 3. The van der Waals surface area contributed by atoms with Crippen molar-refractivity contribution < 1.29 is 4.74 Å². The summed E-state index contributed by atoms with van der Waals surface area (Å²) in [5.74, 6) is 0.851. The second-order valence-electron chi connectivity index (χ2n) is 6.04. The Labute approximate surface area is 152 Å². The average molecular weight is 341 g/mol. The zero-order valence-corrected chi connectivity index (χ0v) is 14.8. The summed E-state index contributed by atoms with van der Waals surface area (Å²) in [7, 11) is 1.67. The molecule has 26 heavy (non-hydrogen) atoms. The number of hydrogen-bond donors (Lipinski definition) is 0. The van der Waals surface area contributed by atoms with Gasteiger partial charge in [-0.1, -0.05) is 48.5 Å². The molecule has 0 radical (unpaired) electrons. The zero-order valence-electron chi connectivity index (χ0n) is 14.8. The van der Waals surface area contributed by atoms with Crippen LogP contribution in [0.1, 0.15) is 17.0 Å². The number of nitrogens with zero attached hydrogens (tertiary/aromatic N) is 3. The molecule has 0 saturated heterocycles. The normalized spacial score (nSPS) is 11.3. The van der Waals surface area contributed by atoms with Crippen LogP contribution in [0.25, 0.3) is 28.9 Å². The summed E-state index contributed by atoms with van der Waals surface area (Å²) in [6, 6.07) is 20.2. The highest BCUT2D eigenvalue weighted by Gasteiger charge is 2.13. The fraction of sp³-hybridized carbons (Fsp3) is 0.0909. The van der Waals surface area contributed by atoms with Crippen molar-refractivity contribution in [2.24, 2.45) is 0 Å². The molecule has 4 rings (SSSR count). The number of rotatable bonds is 4. The van der Waals surface area contributed by atoms with Crippen LogP contribution in [0.15, 0.2) is 66.9 Å². The Kier molecular flexibility index (Phi) is 4.23. The molecule has 0 amide bonds. The number of fused-ring (bicyclic) bond motifs is 1. The van der Waals surface area contributed by atoms with Gasteiger partial charge in [0.1, 0.15) is 5.75 Å². The minimum Gasteiger partial charge on any atom is -0.497 e. The molecule has 0 spiro atoms. The van der Waals surface area contributed by atoms with Crippen molar-refractivity contribution in [2.45, 2.75) is 6.92 Å². The molecule has 4 aromatic rings. The van der Waals surface area contributed by atoms with Crippen LogP contribution in [0.5, 0.6) is 5.75 Å². The Bertz CT molecular complexity index is 1060. The SMILES string of the molecule is COc1ccc(/C=C\c2ccnc3c(-c4ccccc4)c(C)nn23)cc1. The monoisotopic (exact) mass is 341 g/mol. The lowest BCUT2D eigenvalue weighted by atomic mass is 10.1. The summed E-state index contributed by atoms with van der Waals surface area (Å²) < 4.78 is 7.10. The van der Waals surface area contributed by atoms with Crippen LogP contribution in [0.3, 0.4) is 0 Å². The van der Waals surface area contributed by atoms with E-state index in [1.54, 1.807) is 7.11 Å². The van der Waals surface area contributed by atoms with Crippen molar-refractivity contribution in [1.29, 1.82) is 0 Å². The van der Waals surface area contributed by atoms with E-state index in [2.05, 4.69) is 29.3 Å². The molecule has 4 heteroatoms. The summed E-state index contributed by atoms with van der Waals surface area (Å²) in [6.07, 6.45) is 5.95. The molecule has 4 nitrogen and oxygen atoms in total. The highest BCUT2D eigenvalue weighted by atomic mass is 16.5. The van der Waals surface area contributed by atoms with Crippen LogP contribution in [0.4, 0.5) is 0 Å². The predicted molar refractivity (Wildman–Crippen MR) is 105 cm³/mol. The molecule has 0 N–H and O–H groups in total. The van der Waals surface area contributed by atoms with E-state index < -0.39 is 0 Å². The van der Waals surface area contributed by atoms with Gasteiger partial charge in [0.25, 0.3) is 0 Å². The molecule has 0 aliphatic rings. The first-order chi connectivity index (χ1) is 12.8. The second-order valence-corrected chi connectivity index (χ2v) is 6.04. The molecule has 0 atom stereocenters. The quantitative estimate of drug-likeness (QED) is 0.531. The minimum absolute atomic E-state index is 0.851. The topological polar surface area (TPSA) is 39.4 Å². The first-order valence-electron chi connectivity index (χ1n) is 8.48. The molecule has 0 unspecified atom stereocenters. The predicted octanol–water partition coefficient (Wildman–Crippen LogP) is 4.88. The lowest BCUT2D eigenvalue weighted by molar-refractivity contribution is 0.415. The van der Waals surface area contributed by atoms with E-state index in [1.807, 2.05) is 66.2 Å². The first-order valence-corrected chi connectivity index (χ1v) is 8.48. The highest BCUT2D eigenvalue weighted by Crippen LogP contribution is 2.27. The van der Waals surface area contributed by atoms with Crippen molar-refractivity contribution >= 4 is 17.8 Å². The molecule has 2 heterocycles. The van der Waals surface area contributed by atoms with E-state index in [9.17, 15) is 0 Å². The van der Waals surface area contributed by atoms with Gasteiger partial charge in [-0.3, -0.25) is 0 Å².